The quantitative estimate of drug-likeness (QED) is 0.655. The average molecular weight is 291 g/mol. The lowest BCUT2D eigenvalue weighted by Crippen LogP contribution is -2.12. The van der Waals surface area contributed by atoms with Crippen molar-refractivity contribution in [3.8, 4) is 10.7 Å². The number of aromatic nitrogens is 3. The van der Waals surface area contributed by atoms with Gasteiger partial charge in [-0.2, -0.15) is 0 Å². The third kappa shape index (κ3) is 2.54. The van der Waals surface area contributed by atoms with E-state index in [2.05, 4.69) is 10.2 Å². The molecule has 0 saturated heterocycles. The van der Waals surface area contributed by atoms with E-state index in [0.29, 0.717) is 20.9 Å². The number of thioether (sulfide) groups is 1. The number of aliphatic carboxylic acids is 1. The molecule has 2 heterocycles. The third-order valence-electron chi connectivity index (χ3n) is 1.81. The van der Waals surface area contributed by atoms with Gasteiger partial charge in [-0.1, -0.05) is 23.4 Å². The molecule has 0 aromatic carbocycles. The van der Waals surface area contributed by atoms with Gasteiger partial charge in [0, 0.05) is 0 Å². The van der Waals surface area contributed by atoms with Crippen LogP contribution in [-0.4, -0.2) is 31.7 Å². The highest BCUT2D eigenvalue weighted by Crippen LogP contribution is 2.32. The van der Waals surface area contributed by atoms with Crippen molar-refractivity contribution < 1.29 is 9.90 Å². The Morgan fingerprint density at radius 3 is 3.00 bits per heavy atom. The molecule has 3 N–H and O–H groups in total. The van der Waals surface area contributed by atoms with Gasteiger partial charge in [-0.25, -0.2) is 4.68 Å². The van der Waals surface area contributed by atoms with Crippen molar-refractivity contribution in [3.63, 3.8) is 0 Å². The summed E-state index contributed by atoms with van der Waals surface area (Å²) in [5, 5.41) is 19.0. The molecule has 0 atom stereocenters. The minimum Gasteiger partial charge on any atom is -0.481 e. The Morgan fingerprint density at radius 1 is 1.65 bits per heavy atom. The molecule has 0 radical (unpaired) electrons. The van der Waals surface area contributed by atoms with Crippen molar-refractivity contribution in [1.29, 1.82) is 0 Å². The fourth-order valence-corrected chi connectivity index (χ4v) is 2.81. The van der Waals surface area contributed by atoms with Crippen LogP contribution in [0.4, 0.5) is 0 Å². The van der Waals surface area contributed by atoms with E-state index in [0.717, 1.165) is 11.8 Å². The molecule has 2 rings (SSSR count). The highest BCUT2D eigenvalue weighted by Gasteiger charge is 2.16. The number of rotatable bonds is 4. The van der Waals surface area contributed by atoms with E-state index >= 15 is 0 Å². The van der Waals surface area contributed by atoms with Gasteiger partial charge in [-0.15, -0.1) is 21.5 Å². The summed E-state index contributed by atoms with van der Waals surface area (Å²) in [6.07, 6.45) is 0. The molecule has 0 aliphatic heterocycles. The summed E-state index contributed by atoms with van der Waals surface area (Å²) in [4.78, 5) is 11.1. The maximum atomic E-state index is 10.4. The van der Waals surface area contributed by atoms with Crippen LogP contribution in [-0.2, 0) is 4.79 Å². The monoisotopic (exact) mass is 290 g/mol. The van der Waals surface area contributed by atoms with E-state index < -0.39 is 5.97 Å². The third-order valence-corrected chi connectivity index (χ3v) is 4.07. The average Bonchev–Trinajstić information content (AvgIpc) is 2.82. The summed E-state index contributed by atoms with van der Waals surface area (Å²) in [5.41, 5.74) is 0. The number of halogens is 1. The first-order valence-corrected chi connectivity index (χ1v) is 6.62. The first-order chi connectivity index (χ1) is 8.09. The molecule has 0 spiro atoms. The minimum absolute atomic E-state index is 0.118. The van der Waals surface area contributed by atoms with Gasteiger partial charge in [0.25, 0.3) is 0 Å². The van der Waals surface area contributed by atoms with E-state index in [9.17, 15) is 4.79 Å². The normalized spacial score (nSPS) is 10.6. The number of hydrogen-bond donors (Lipinski definition) is 2. The number of nitrogen functional groups attached to an aromatic ring is 1. The fourth-order valence-electron chi connectivity index (χ4n) is 1.11. The molecule has 2 aromatic rings. The Labute approximate surface area is 109 Å². The van der Waals surface area contributed by atoms with Gasteiger partial charge in [-0.3, -0.25) is 4.79 Å². The van der Waals surface area contributed by atoms with Crippen LogP contribution in [0.5, 0.6) is 0 Å². The predicted octanol–water partition coefficient (Wildman–Crippen LogP) is 1.55. The van der Waals surface area contributed by atoms with Gasteiger partial charge in [0.2, 0.25) is 5.16 Å². The SMILES string of the molecule is Nn1c(SCC(=O)O)nnc1-c1sccc1Cl. The van der Waals surface area contributed by atoms with Crippen molar-refractivity contribution in [3.05, 3.63) is 16.5 Å². The maximum Gasteiger partial charge on any atom is 0.313 e. The lowest BCUT2D eigenvalue weighted by Gasteiger charge is -2.00. The zero-order valence-corrected chi connectivity index (χ0v) is 10.7. The first-order valence-electron chi connectivity index (χ1n) is 4.38. The smallest absolute Gasteiger partial charge is 0.313 e. The zero-order valence-electron chi connectivity index (χ0n) is 8.33. The molecular formula is C8H7ClN4O2S2. The van der Waals surface area contributed by atoms with E-state index in [-0.39, 0.29) is 5.75 Å². The first kappa shape index (κ1) is 12.2. The molecule has 17 heavy (non-hydrogen) atoms. The van der Waals surface area contributed by atoms with Crippen molar-refractivity contribution in [2.45, 2.75) is 5.16 Å². The van der Waals surface area contributed by atoms with Gasteiger partial charge in [-0.05, 0) is 11.4 Å². The van der Waals surface area contributed by atoms with Crippen molar-refractivity contribution in [2.75, 3.05) is 11.6 Å². The van der Waals surface area contributed by atoms with Crippen LogP contribution in [0.25, 0.3) is 10.7 Å². The van der Waals surface area contributed by atoms with Gasteiger partial charge in [0.15, 0.2) is 5.82 Å². The zero-order chi connectivity index (χ0) is 12.4. The van der Waals surface area contributed by atoms with E-state index in [1.165, 1.54) is 16.0 Å². The molecule has 0 amide bonds. The topological polar surface area (TPSA) is 94.0 Å². The summed E-state index contributed by atoms with van der Waals surface area (Å²) in [5.74, 6) is 5.15. The minimum atomic E-state index is -0.936. The summed E-state index contributed by atoms with van der Waals surface area (Å²) >= 11 is 8.36. The van der Waals surface area contributed by atoms with Crippen LogP contribution in [0.3, 0.4) is 0 Å². The van der Waals surface area contributed by atoms with Gasteiger partial charge in [0.1, 0.15) is 0 Å². The van der Waals surface area contributed by atoms with Gasteiger partial charge in [0.05, 0.1) is 15.7 Å². The molecule has 0 fully saturated rings. The Bertz CT molecular complexity index is 553. The molecule has 9 heteroatoms. The predicted molar refractivity (Wildman–Crippen MR) is 66.9 cm³/mol. The number of hydrogen-bond acceptors (Lipinski definition) is 6. The highest BCUT2D eigenvalue weighted by molar-refractivity contribution is 7.99. The number of carboxylic acids is 1. The van der Waals surface area contributed by atoms with Crippen molar-refractivity contribution in [1.82, 2.24) is 14.9 Å². The van der Waals surface area contributed by atoms with Crippen LogP contribution in [0.2, 0.25) is 5.02 Å². The molecule has 2 aromatic heterocycles. The fraction of sp³-hybridized carbons (Fsp3) is 0.125. The van der Waals surface area contributed by atoms with E-state index in [1.807, 2.05) is 5.38 Å². The van der Waals surface area contributed by atoms with Crippen LogP contribution < -0.4 is 5.84 Å². The Hall–Kier alpha value is -1.25. The largest absolute Gasteiger partial charge is 0.481 e. The molecule has 90 valence electrons. The second kappa shape index (κ2) is 4.94. The molecule has 0 unspecified atom stereocenters. The number of thiophene rings is 1. The standard InChI is InChI=1S/C8H7ClN4O2S2/c9-4-1-2-16-6(4)7-11-12-8(13(7)10)17-3-5(14)15/h1-2H,3,10H2,(H,14,15). The summed E-state index contributed by atoms with van der Waals surface area (Å²) < 4.78 is 1.24. The molecular weight excluding hydrogens is 284 g/mol. The van der Waals surface area contributed by atoms with Crippen LogP contribution in [0, 0.1) is 0 Å². The van der Waals surface area contributed by atoms with Gasteiger partial charge >= 0.3 is 5.97 Å². The van der Waals surface area contributed by atoms with Crippen LogP contribution in [0.15, 0.2) is 16.6 Å². The van der Waals surface area contributed by atoms with Crippen molar-refractivity contribution >= 4 is 40.7 Å². The molecule has 0 saturated carbocycles. The number of carbonyl (C=O) groups is 1. The molecule has 0 bridgehead atoms. The summed E-state index contributed by atoms with van der Waals surface area (Å²) in [7, 11) is 0. The van der Waals surface area contributed by atoms with Crippen LogP contribution in [0.1, 0.15) is 0 Å². The second-order valence-electron chi connectivity index (χ2n) is 2.96. The Kier molecular flexibility index (Phi) is 3.55. The molecule has 6 nitrogen and oxygen atoms in total. The molecule has 0 aliphatic rings. The Balaban J connectivity index is 2.27. The second-order valence-corrected chi connectivity index (χ2v) is 5.22. The van der Waals surface area contributed by atoms with E-state index in [4.69, 9.17) is 22.6 Å². The van der Waals surface area contributed by atoms with E-state index in [1.54, 1.807) is 6.07 Å². The van der Waals surface area contributed by atoms with Crippen LogP contribution >= 0.6 is 34.7 Å². The lowest BCUT2D eigenvalue weighted by molar-refractivity contribution is -0.133. The number of nitrogens with zero attached hydrogens (tertiary/aromatic N) is 3. The summed E-state index contributed by atoms with van der Waals surface area (Å²) in [6.45, 7) is 0. The molecule has 0 aliphatic carbocycles. The summed E-state index contributed by atoms with van der Waals surface area (Å²) in [6, 6.07) is 1.74. The Morgan fingerprint density at radius 2 is 2.41 bits per heavy atom. The number of nitrogens with two attached hydrogens (primary N) is 1. The van der Waals surface area contributed by atoms with Gasteiger partial charge < -0.3 is 10.9 Å². The van der Waals surface area contributed by atoms with Crippen molar-refractivity contribution in [2.24, 2.45) is 0 Å². The maximum absolute atomic E-state index is 10.4. The lowest BCUT2D eigenvalue weighted by atomic mass is 10.4. The highest BCUT2D eigenvalue weighted by atomic mass is 35.5. The number of carboxylic acid groups (broad SMARTS) is 1.